The van der Waals surface area contributed by atoms with Crippen LogP contribution in [0.5, 0.6) is 0 Å². The molecule has 0 aliphatic carbocycles. The monoisotopic (exact) mass is 230 g/mol. The molecule has 0 bridgehead atoms. The van der Waals surface area contributed by atoms with E-state index < -0.39 is 0 Å². The molecule has 0 saturated carbocycles. The van der Waals surface area contributed by atoms with E-state index >= 15 is 0 Å². The topological polar surface area (TPSA) is 42.7 Å². The standard InChI is InChI=1S/C13H18N4/c1-2-5-15-10-13-16-8-9-17(13)11-12-3-6-14-7-4-12/h3-4,6-9,15H,2,5,10-11H2,1H3. The molecule has 0 saturated heterocycles. The summed E-state index contributed by atoms with van der Waals surface area (Å²) in [5.74, 6) is 1.08. The van der Waals surface area contributed by atoms with Crippen LogP contribution in [0.25, 0.3) is 0 Å². The first-order valence-corrected chi connectivity index (χ1v) is 5.99. The van der Waals surface area contributed by atoms with E-state index in [1.165, 1.54) is 5.56 Å². The Labute approximate surface area is 102 Å². The highest BCUT2D eigenvalue weighted by atomic mass is 15.1. The van der Waals surface area contributed by atoms with Gasteiger partial charge in [-0.15, -0.1) is 0 Å². The molecule has 4 nitrogen and oxygen atoms in total. The average Bonchev–Trinajstić information content (AvgIpc) is 2.79. The number of pyridine rings is 1. The lowest BCUT2D eigenvalue weighted by molar-refractivity contribution is 0.615. The number of rotatable bonds is 6. The molecule has 0 aliphatic heterocycles. The van der Waals surface area contributed by atoms with Crippen LogP contribution < -0.4 is 5.32 Å². The molecule has 2 heterocycles. The summed E-state index contributed by atoms with van der Waals surface area (Å²) in [5.41, 5.74) is 1.25. The van der Waals surface area contributed by atoms with Crippen molar-refractivity contribution in [1.29, 1.82) is 0 Å². The number of hydrogen-bond donors (Lipinski definition) is 1. The Morgan fingerprint density at radius 2 is 2.06 bits per heavy atom. The molecular formula is C13H18N4. The third-order valence-electron chi connectivity index (χ3n) is 2.61. The van der Waals surface area contributed by atoms with Crippen molar-refractivity contribution in [3.63, 3.8) is 0 Å². The molecule has 0 aliphatic rings. The fourth-order valence-electron chi connectivity index (χ4n) is 1.71. The Balaban J connectivity index is 1.99. The van der Waals surface area contributed by atoms with Crippen LogP contribution in [0.1, 0.15) is 24.7 Å². The summed E-state index contributed by atoms with van der Waals surface area (Å²) in [6.07, 6.45) is 8.65. The van der Waals surface area contributed by atoms with Crippen molar-refractivity contribution in [1.82, 2.24) is 19.9 Å². The van der Waals surface area contributed by atoms with Gasteiger partial charge in [-0.05, 0) is 30.7 Å². The minimum atomic E-state index is 0.825. The van der Waals surface area contributed by atoms with Crippen molar-refractivity contribution < 1.29 is 0 Å². The van der Waals surface area contributed by atoms with E-state index in [-0.39, 0.29) is 0 Å². The summed E-state index contributed by atoms with van der Waals surface area (Å²) >= 11 is 0. The van der Waals surface area contributed by atoms with E-state index in [9.17, 15) is 0 Å². The largest absolute Gasteiger partial charge is 0.329 e. The molecule has 2 aromatic rings. The van der Waals surface area contributed by atoms with Gasteiger partial charge in [0.25, 0.3) is 0 Å². The van der Waals surface area contributed by atoms with Gasteiger partial charge in [0, 0.05) is 31.3 Å². The van der Waals surface area contributed by atoms with Crippen LogP contribution in [-0.4, -0.2) is 21.1 Å². The summed E-state index contributed by atoms with van der Waals surface area (Å²) < 4.78 is 2.16. The minimum absolute atomic E-state index is 0.825. The van der Waals surface area contributed by atoms with E-state index in [4.69, 9.17) is 0 Å². The number of hydrogen-bond acceptors (Lipinski definition) is 3. The quantitative estimate of drug-likeness (QED) is 0.770. The highest BCUT2D eigenvalue weighted by Crippen LogP contribution is 2.04. The van der Waals surface area contributed by atoms with E-state index in [1.807, 2.05) is 36.9 Å². The van der Waals surface area contributed by atoms with Crippen LogP contribution in [-0.2, 0) is 13.1 Å². The molecule has 0 spiro atoms. The first-order chi connectivity index (χ1) is 8.40. The van der Waals surface area contributed by atoms with Crippen molar-refractivity contribution in [3.05, 3.63) is 48.3 Å². The number of nitrogens with zero attached hydrogens (tertiary/aromatic N) is 3. The van der Waals surface area contributed by atoms with Crippen LogP contribution in [0.3, 0.4) is 0 Å². The highest BCUT2D eigenvalue weighted by molar-refractivity contribution is 5.11. The Morgan fingerprint density at radius 1 is 1.24 bits per heavy atom. The number of aromatic nitrogens is 3. The van der Waals surface area contributed by atoms with E-state index in [2.05, 4.69) is 26.8 Å². The molecule has 17 heavy (non-hydrogen) atoms. The van der Waals surface area contributed by atoms with Gasteiger partial charge in [-0.1, -0.05) is 6.92 Å². The van der Waals surface area contributed by atoms with Crippen molar-refractivity contribution in [2.45, 2.75) is 26.4 Å². The zero-order valence-corrected chi connectivity index (χ0v) is 10.1. The van der Waals surface area contributed by atoms with Gasteiger partial charge in [0.15, 0.2) is 0 Å². The molecule has 2 rings (SSSR count). The first kappa shape index (κ1) is 11.8. The maximum absolute atomic E-state index is 4.37. The molecule has 0 radical (unpaired) electrons. The van der Waals surface area contributed by atoms with Crippen LogP contribution >= 0.6 is 0 Å². The Bertz CT molecular complexity index is 436. The predicted octanol–water partition coefficient (Wildman–Crippen LogP) is 1.83. The van der Waals surface area contributed by atoms with E-state index in [0.717, 1.165) is 31.9 Å². The second-order valence-electron chi connectivity index (χ2n) is 4.00. The molecule has 0 unspecified atom stereocenters. The summed E-state index contributed by atoms with van der Waals surface area (Å²) in [7, 11) is 0. The van der Waals surface area contributed by atoms with Gasteiger partial charge in [-0.2, -0.15) is 0 Å². The second-order valence-corrected chi connectivity index (χ2v) is 4.00. The van der Waals surface area contributed by atoms with Crippen molar-refractivity contribution >= 4 is 0 Å². The van der Waals surface area contributed by atoms with Gasteiger partial charge in [0.2, 0.25) is 0 Å². The summed E-state index contributed by atoms with van der Waals surface area (Å²) in [5, 5.41) is 3.37. The summed E-state index contributed by atoms with van der Waals surface area (Å²) in [4.78, 5) is 8.39. The lowest BCUT2D eigenvalue weighted by Gasteiger charge is -2.08. The molecule has 4 heteroatoms. The smallest absolute Gasteiger partial charge is 0.122 e. The Hall–Kier alpha value is -1.68. The van der Waals surface area contributed by atoms with Gasteiger partial charge in [-0.3, -0.25) is 4.98 Å². The molecule has 0 fully saturated rings. The van der Waals surface area contributed by atoms with Crippen molar-refractivity contribution in [2.75, 3.05) is 6.54 Å². The SMILES string of the molecule is CCCNCc1nccn1Cc1ccncc1. The summed E-state index contributed by atoms with van der Waals surface area (Å²) in [6.45, 7) is 4.87. The Morgan fingerprint density at radius 3 is 2.82 bits per heavy atom. The average molecular weight is 230 g/mol. The first-order valence-electron chi connectivity index (χ1n) is 5.99. The Kier molecular flexibility index (Phi) is 4.27. The van der Waals surface area contributed by atoms with Gasteiger partial charge in [0.1, 0.15) is 5.82 Å². The van der Waals surface area contributed by atoms with Crippen molar-refractivity contribution in [2.24, 2.45) is 0 Å². The molecule has 2 aromatic heterocycles. The molecule has 0 amide bonds. The zero-order chi connectivity index (χ0) is 11.9. The minimum Gasteiger partial charge on any atom is -0.329 e. The third-order valence-corrected chi connectivity index (χ3v) is 2.61. The van der Waals surface area contributed by atoms with E-state index in [0.29, 0.717) is 0 Å². The maximum Gasteiger partial charge on any atom is 0.122 e. The normalized spacial score (nSPS) is 10.6. The van der Waals surface area contributed by atoms with Crippen LogP contribution in [0, 0.1) is 0 Å². The van der Waals surface area contributed by atoms with Gasteiger partial charge < -0.3 is 9.88 Å². The lowest BCUT2D eigenvalue weighted by atomic mass is 10.2. The number of imidazole rings is 1. The number of nitrogens with one attached hydrogen (secondary N) is 1. The molecule has 0 atom stereocenters. The third kappa shape index (κ3) is 3.39. The molecule has 0 aromatic carbocycles. The fraction of sp³-hybridized carbons (Fsp3) is 0.385. The van der Waals surface area contributed by atoms with Crippen LogP contribution in [0.2, 0.25) is 0 Å². The lowest BCUT2D eigenvalue weighted by Crippen LogP contribution is -2.17. The predicted molar refractivity (Wildman–Crippen MR) is 67.6 cm³/mol. The van der Waals surface area contributed by atoms with Crippen molar-refractivity contribution in [3.8, 4) is 0 Å². The van der Waals surface area contributed by atoms with E-state index in [1.54, 1.807) is 0 Å². The molecule has 1 N–H and O–H groups in total. The van der Waals surface area contributed by atoms with Gasteiger partial charge in [0.05, 0.1) is 6.54 Å². The highest BCUT2D eigenvalue weighted by Gasteiger charge is 2.02. The molecular weight excluding hydrogens is 212 g/mol. The molecule has 90 valence electrons. The fourth-order valence-corrected chi connectivity index (χ4v) is 1.71. The van der Waals surface area contributed by atoms with Gasteiger partial charge >= 0.3 is 0 Å². The zero-order valence-electron chi connectivity index (χ0n) is 10.1. The maximum atomic E-state index is 4.37. The second kappa shape index (κ2) is 6.15. The van der Waals surface area contributed by atoms with Crippen LogP contribution in [0.4, 0.5) is 0 Å². The van der Waals surface area contributed by atoms with Crippen LogP contribution in [0.15, 0.2) is 36.9 Å². The summed E-state index contributed by atoms with van der Waals surface area (Å²) in [6, 6.07) is 4.06. The van der Waals surface area contributed by atoms with Gasteiger partial charge in [-0.25, -0.2) is 4.98 Å².